The van der Waals surface area contributed by atoms with Crippen molar-refractivity contribution >= 4 is 44.7 Å². The molecule has 190 valence electrons. The molecule has 1 heteroatoms. The zero-order chi connectivity index (χ0) is 27.1. The Balaban J connectivity index is 1.56. The van der Waals surface area contributed by atoms with Crippen molar-refractivity contribution in [2.45, 2.75) is 6.92 Å². The first-order valence-electron chi connectivity index (χ1n) is 13.7. The molecule has 7 rings (SSSR count). The highest BCUT2D eigenvalue weighted by atomic mass is 16.3. The molecule has 0 atom stereocenters. The van der Waals surface area contributed by atoms with E-state index in [9.17, 15) is 0 Å². The molecule has 0 radical (unpaired) electrons. The second-order valence-electron chi connectivity index (χ2n) is 10.0. The minimum absolute atomic E-state index is 0.799. The average Bonchev–Trinajstić information content (AvgIpc) is 3.37. The number of fused-ring (bicyclic) bond motifs is 3. The molecule has 1 heterocycles. The van der Waals surface area contributed by atoms with E-state index in [2.05, 4.69) is 134 Å². The second kappa shape index (κ2) is 9.87. The summed E-state index contributed by atoms with van der Waals surface area (Å²) < 4.78 is 6.28. The van der Waals surface area contributed by atoms with Crippen LogP contribution in [0.5, 0.6) is 0 Å². The van der Waals surface area contributed by atoms with E-state index >= 15 is 0 Å². The first-order valence-corrected chi connectivity index (χ1v) is 13.7. The largest absolute Gasteiger partial charge is 0.456 e. The Kier molecular flexibility index (Phi) is 5.91. The quantitative estimate of drug-likeness (QED) is 0.209. The molecule has 0 saturated carbocycles. The summed E-state index contributed by atoms with van der Waals surface area (Å²) in [4.78, 5) is 0. The molecule has 0 aliphatic rings. The average molecular weight is 513 g/mol. The molecule has 1 aromatic heterocycles. The van der Waals surface area contributed by atoms with Crippen LogP contribution in [0, 0.1) is 0 Å². The smallest absolute Gasteiger partial charge is 0.136 e. The van der Waals surface area contributed by atoms with Crippen molar-refractivity contribution in [1.29, 1.82) is 0 Å². The summed E-state index contributed by atoms with van der Waals surface area (Å²) in [5.41, 5.74) is 9.25. The third kappa shape index (κ3) is 3.79. The highest BCUT2D eigenvalue weighted by Crippen LogP contribution is 2.46. The van der Waals surface area contributed by atoms with Gasteiger partial charge in [0, 0.05) is 10.9 Å². The topological polar surface area (TPSA) is 13.1 Å². The van der Waals surface area contributed by atoms with E-state index < -0.39 is 0 Å². The van der Waals surface area contributed by atoms with E-state index in [-0.39, 0.29) is 0 Å². The molecular formula is C39H28O. The molecule has 1 nitrogen and oxygen atoms in total. The molecule has 0 aliphatic carbocycles. The number of furan rings is 1. The summed E-state index contributed by atoms with van der Waals surface area (Å²) in [6.45, 7) is 5.99. The van der Waals surface area contributed by atoms with Crippen molar-refractivity contribution in [1.82, 2.24) is 0 Å². The number of hydrogen-bond acceptors (Lipinski definition) is 1. The Bertz CT molecular complexity index is 2020. The van der Waals surface area contributed by atoms with E-state index in [1.807, 2.05) is 13.0 Å². The highest BCUT2D eigenvalue weighted by molar-refractivity contribution is 6.22. The van der Waals surface area contributed by atoms with Gasteiger partial charge in [-0.15, -0.1) is 0 Å². The normalized spacial score (nSPS) is 11.6. The lowest BCUT2D eigenvalue weighted by molar-refractivity contribution is 0.603. The van der Waals surface area contributed by atoms with Gasteiger partial charge in [0.1, 0.15) is 11.3 Å². The Morgan fingerprint density at radius 1 is 0.550 bits per heavy atom. The molecule has 0 saturated heterocycles. The maximum absolute atomic E-state index is 6.28. The molecular weight excluding hydrogens is 484 g/mol. The first-order chi connectivity index (χ1) is 19.8. The summed E-state index contributed by atoms with van der Waals surface area (Å²) in [7, 11) is 0. The van der Waals surface area contributed by atoms with Crippen molar-refractivity contribution in [2.24, 2.45) is 0 Å². The van der Waals surface area contributed by atoms with Gasteiger partial charge in [-0.05, 0) is 80.1 Å². The van der Waals surface area contributed by atoms with Gasteiger partial charge in [0.05, 0.1) is 0 Å². The van der Waals surface area contributed by atoms with Gasteiger partial charge in [-0.2, -0.15) is 0 Å². The zero-order valence-corrected chi connectivity index (χ0v) is 22.4. The van der Waals surface area contributed by atoms with Crippen LogP contribution in [-0.4, -0.2) is 0 Å². The maximum Gasteiger partial charge on any atom is 0.136 e. The zero-order valence-electron chi connectivity index (χ0n) is 22.4. The van der Waals surface area contributed by atoms with Crippen molar-refractivity contribution in [3.05, 3.63) is 145 Å². The van der Waals surface area contributed by atoms with E-state index in [4.69, 9.17) is 4.42 Å². The van der Waals surface area contributed by atoms with Gasteiger partial charge in [-0.3, -0.25) is 0 Å². The lowest BCUT2D eigenvalue weighted by Crippen LogP contribution is -1.92. The molecule has 0 spiro atoms. The van der Waals surface area contributed by atoms with Gasteiger partial charge >= 0.3 is 0 Å². The number of allylic oxidation sites excluding steroid dienone is 1. The summed E-state index contributed by atoms with van der Waals surface area (Å²) in [6.07, 6.45) is 5.92. The van der Waals surface area contributed by atoms with Crippen LogP contribution in [0.1, 0.15) is 18.2 Å². The Morgan fingerprint density at radius 3 is 1.75 bits per heavy atom. The lowest BCUT2D eigenvalue weighted by atomic mass is 9.84. The van der Waals surface area contributed by atoms with Crippen LogP contribution < -0.4 is 0 Å². The van der Waals surface area contributed by atoms with Gasteiger partial charge in [0.15, 0.2) is 0 Å². The van der Waals surface area contributed by atoms with E-state index in [1.54, 1.807) is 6.08 Å². The Labute approximate surface area is 234 Å². The Hall–Kier alpha value is -5.14. The molecule has 7 aromatic rings. The SMILES string of the molecule is C=Cc1oc2cc(-c3c4ccccc4c(-c4ccccc4-c4ccccc4)c4ccccc34)ccc2c1/C=C\C. The van der Waals surface area contributed by atoms with E-state index in [1.165, 1.54) is 49.4 Å². The third-order valence-corrected chi connectivity index (χ3v) is 7.78. The number of hydrogen-bond donors (Lipinski definition) is 0. The van der Waals surface area contributed by atoms with Crippen molar-refractivity contribution in [3.8, 4) is 33.4 Å². The maximum atomic E-state index is 6.28. The van der Waals surface area contributed by atoms with Crippen molar-refractivity contribution in [3.63, 3.8) is 0 Å². The molecule has 0 unspecified atom stereocenters. The summed E-state index contributed by atoms with van der Waals surface area (Å²) in [6, 6.07) is 43.6. The van der Waals surface area contributed by atoms with Crippen LogP contribution in [0.15, 0.2) is 138 Å². The van der Waals surface area contributed by atoms with Gasteiger partial charge in [-0.1, -0.05) is 128 Å². The molecule has 0 amide bonds. The molecule has 0 aliphatic heterocycles. The minimum Gasteiger partial charge on any atom is -0.456 e. The van der Waals surface area contributed by atoms with Crippen LogP contribution in [0.3, 0.4) is 0 Å². The highest BCUT2D eigenvalue weighted by Gasteiger charge is 2.19. The molecule has 0 bridgehead atoms. The molecule has 0 N–H and O–H groups in total. The molecule has 0 fully saturated rings. The third-order valence-electron chi connectivity index (χ3n) is 7.78. The lowest BCUT2D eigenvalue weighted by Gasteiger charge is -2.19. The van der Waals surface area contributed by atoms with Crippen LogP contribution >= 0.6 is 0 Å². The van der Waals surface area contributed by atoms with Crippen molar-refractivity contribution < 1.29 is 4.42 Å². The number of benzene rings is 6. The van der Waals surface area contributed by atoms with Crippen molar-refractivity contribution in [2.75, 3.05) is 0 Å². The second-order valence-corrected chi connectivity index (χ2v) is 10.0. The monoisotopic (exact) mass is 512 g/mol. The predicted octanol–water partition coefficient (Wildman–Crippen LogP) is 11.4. The van der Waals surface area contributed by atoms with Crippen LogP contribution in [0.25, 0.3) is 78.0 Å². The fourth-order valence-corrected chi connectivity index (χ4v) is 6.08. The van der Waals surface area contributed by atoms with Crippen LogP contribution in [0.4, 0.5) is 0 Å². The van der Waals surface area contributed by atoms with Gasteiger partial charge in [0.25, 0.3) is 0 Å². The first kappa shape index (κ1) is 23.9. The van der Waals surface area contributed by atoms with Crippen LogP contribution in [0.2, 0.25) is 0 Å². The van der Waals surface area contributed by atoms with Gasteiger partial charge < -0.3 is 4.42 Å². The molecule has 6 aromatic carbocycles. The van der Waals surface area contributed by atoms with Crippen LogP contribution in [-0.2, 0) is 0 Å². The fraction of sp³-hybridized carbons (Fsp3) is 0.0256. The standard InChI is InChI=1S/C39H28O/c1-3-14-29-30-24-23-27(25-37(30)40-36(29)4-2)38-32-19-10-12-21-34(32)39(35-22-13-11-20-33(35)38)31-18-9-8-17-28(31)26-15-6-5-7-16-26/h3-25H,2H2,1H3/b14-3-. The van der Waals surface area contributed by atoms with Gasteiger partial charge in [0.2, 0.25) is 0 Å². The summed E-state index contributed by atoms with van der Waals surface area (Å²) in [5.74, 6) is 0.799. The van der Waals surface area contributed by atoms with E-state index in [0.29, 0.717) is 0 Å². The molecule has 40 heavy (non-hydrogen) atoms. The minimum atomic E-state index is 0.799. The number of rotatable bonds is 5. The predicted molar refractivity (Wildman–Crippen MR) is 172 cm³/mol. The summed E-state index contributed by atoms with van der Waals surface area (Å²) in [5, 5.41) is 6.02. The van der Waals surface area contributed by atoms with E-state index in [0.717, 1.165) is 27.9 Å². The fourth-order valence-electron chi connectivity index (χ4n) is 6.08. The van der Waals surface area contributed by atoms with Gasteiger partial charge in [-0.25, -0.2) is 0 Å². The Morgan fingerprint density at radius 2 is 1.12 bits per heavy atom. The summed E-state index contributed by atoms with van der Waals surface area (Å²) >= 11 is 0.